The van der Waals surface area contributed by atoms with E-state index in [1.54, 1.807) is 32.1 Å². The Morgan fingerprint density at radius 3 is 2.29 bits per heavy atom. The van der Waals surface area contributed by atoms with Crippen LogP contribution in [0, 0.1) is 11.8 Å². The van der Waals surface area contributed by atoms with E-state index in [0.717, 1.165) is 6.42 Å². The lowest BCUT2D eigenvalue weighted by Gasteiger charge is -2.26. The van der Waals surface area contributed by atoms with Crippen LogP contribution in [0.25, 0.3) is 6.08 Å². The molecule has 0 radical (unpaired) electrons. The molecule has 35 heavy (non-hydrogen) atoms. The Kier molecular flexibility index (Phi) is 10.6. The smallest absolute Gasteiger partial charge is 0.244 e. The van der Waals surface area contributed by atoms with Crippen LogP contribution in [0.15, 0.2) is 18.2 Å². The molecule has 0 aromatic heterocycles. The summed E-state index contributed by atoms with van der Waals surface area (Å²) in [6.45, 7) is 4.20. The van der Waals surface area contributed by atoms with Crippen molar-refractivity contribution in [3.8, 4) is 17.2 Å². The first-order valence-corrected chi connectivity index (χ1v) is 11.6. The van der Waals surface area contributed by atoms with E-state index < -0.39 is 23.9 Å². The normalized spacial score (nSPS) is 17.3. The van der Waals surface area contributed by atoms with Gasteiger partial charge in [-0.1, -0.05) is 13.8 Å². The largest absolute Gasteiger partial charge is 0.493 e. The quantitative estimate of drug-likeness (QED) is 0.299. The molecule has 0 aliphatic carbocycles. The van der Waals surface area contributed by atoms with Crippen LogP contribution in [-0.4, -0.2) is 64.0 Å². The van der Waals surface area contributed by atoms with Crippen molar-refractivity contribution in [2.45, 2.75) is 45.2 Å². The molecule has 1 saturated heterocycles. The third kappa shape index (κ3) is 7.73. The van der Waals surface area contributed by atoms with Crippen molar-refractivity contribution in [3.63, 3.8) is 0 Å². The van der Waals surface area contributed by atoms with Gasteiger partial charge in [-0.05, 0) is 49.0 Å². The van der Waals surface area contributed by atoms with Crippen LogP contribution >= 0.6 is 0 Å². The van der Waals surface area contributed by atoms with Gasteiger partial charge in [0, 0.05) is 18.5 Å². The Balaban J connectivity index is 2.06. The molecule has 0 bridgehead atoms. The summed E-state index contributed by atoms with van der Waals surface area (Å²) in [4.78, 5) is 49.0. The molecule has 0 spiro atoms. The van der Waals surface area contributed by atoms with Crippen LogP contribution in [0.5, 0.6) is 17.2 Å². The molecule has 3 N–H and O–H groups in total. The van der Waals surface area contributed by atoms with Gasteiger partial charge < -0.3 is 35.0 Å². The molecule has 192 valence electrons. The van der Waals surface area contributed by atoms with Gasteiger partial charge in [0.1, 0.15) is 12.3 Å². The Bertz CT molecular complexity index is 920. The number of ether oxygens (including phenoxy) is 3. The van der Waals surface area contributed by atoms with Crippen LogP contribution in [0.1, 0.15) is 38.7 Å². The number of methoxy groups -OCH3 is 3. The maximum Gasteiger partial charge on any atom is 0.244 e. The van der Waals surface area contributed by atoms with Crippen molar-refractivity contribution in [2.75, 3.05) is 27.9 Å². The second kappa shape index (κ2) is 13.4. The minimum atomic E-state index is -0.866. The standard InChI is InChI=1S/C25H35N3O7/c1-15(2)22(25(32)27-18(14-29)13-17-7-6-10-26-24(17)31)28-21(30)9-8-16-11-19(33-3)23(35-5)20(12-16)34-4/h8-9,11-12,14-15,17-18,22H,6-7,10,13H2,1-5H3,(H,26,31)(H,27,32)(H,28,30)/b9-8+/t17?,18-,22-/m0/s1. The first kappa shape index (κ1) is 27.7. The van der Waals surface area contributed by atoms with Crippen molar-refractivity contribution < 1.29 is 33.4 Å². The number of hydrogen-bond donors (Lipinski definition) is 3. The molecule has 1 aliphatic heterocycles. The Morgan fingerprint density at radius 2 is 1.77 bits per heavy atom. The van der Waals surface area contributed by atoms with E-state index in [1.807, 2.05) is 0 Å². The first-order chi connectivity index (χ1) is 16.7. The predicted molar refractivity (Wildman–Crippen MR) is 130 cm³/mol. The summed E-state index contributed by atoms with van der Waals surface area (Å²) >= 11 is 0. The Labute approximate surface area is 205 Å². The van der Waals surface area contributed by atoms with Crippen LogP contribution in [0.2, 0.25) is 0 Å². The van der Waals surface area contributed by atoms with E-state index in [9.17, 15) is 19.2 Å². The van der Waals surface area contributed by atoms with Gasteiger partial charge in [0.15, 0.2) is 11.5 Å². The summed E-state index contributed by atoms with van der Waals surface area (Å²) < 4.78 is 15.9. The zero-order valence-corrected chi connectivity index (χ0v) is 20.9. The van der Waals surface area contributed by atoms with E-state index >= 15 is 0 Å². The van der Waals surface area contributed by atoms with Gasteiger partial charge in [0.05, 0.1) is 27.4 Å². The van der Waals surface area contributed by atoms with Gasteiger partial charge in [0.2, 0.25) is 23.5 Å². The molecule has 1 aromatic carbocycles. The summed E-state index contributed by atoms with van der Waals surface area (Å²) in [5.74, 6) is -0.321. The number of carbonyl (C=O) groups excluding carboxylic acids is 4. The zero-order valence-electron chi connectivity index (χ0n) is 20.9. The fourth-order valence-electron chi connectivity index (χ4n) is 3.89. The maximum atomic E-state index is 12.9. The molecule has 0 saturated carbocycles. The summed E-state index contributed by atoms with van der Waals surface area (Å²) in [5, 5.41) is 8.13. The van der Waals surface area contributed by atoms with Crippen molar-refractivity contribution >= 4 is 30.1 Å². The lowest BCUT2D eigenvalue weighted by Crippen LogP contribution is -2.53. The van der Waals surface area contributed by atoms with E-state index in [4.69, 9.17) is 14.2 Å². The average molecular weight is 490 g/mol. The second-order valence-corrected chi connectivity index (χ2v) is 8.64. The molecule has 1 heterocycles. The Hall–Kier alpha value is -3.56. The number of benzene rings is 1. The SMILES string of the molecule is COc1cc(/C=C/C(=O)N[C@H](C(=O)N[C@H](C=O)CC2CCCNC2=O)C(C)C)cc(OC)c1OC. The lowest BCUT2D eigenvalue weighted by molar-refractivity contribution is -0.131. The molecule has 1 fully saturated rings. The van der Waals surface area contributed by atoms with Crippen molar-refractivity contribution in [3.05, 3.63) is 23.8 Å². The summed E-state index contributed by atoms with van der Waals surface area (Å²) in [6.07, 6.45) is 5.21. The fourth-order valence-corrected chi connectivity index (χ4v) is 3.89. The number of amides is 3. The highest BCUT2D eigenvalue weighted by Gasteiger charge is 2.29. The summed E-state index contributed by atoms with van der Waals surface area (Å²) in [6, 6.07) is 1.70. The minimum absolute atomic E-state index is 0.108. The highest BCUT2D eigenvalue weighted by molar-refractivity contribution is 5.96. The number of rotatable bonds is 12. The highest BCUT2D eigenvalue weighted by atomic mass is 16.5. The van der Waals surface area contributed by atoms with Gasteiger partial charge in [-0.2, -0.15) is 0 Å². The molecule has 10 heteroatoms. The number of aldehydes is 1. The van der Waals surface area contributed by atoms with E-state index in [0.29, 0.717) is 42.1 Å². The summed E-state index contributed by atoms with van der Waals surface area (Å²) in [5.41, 5.74) is 0.631. The summed E-state index contributed by atoms with van der Waals surface area (Å²) in [7, 11) is 4.49. The molecule has 2 rings (SSSR count). The molecule has 10 nitrogen and oxygen atoms in total. The zero-order chi connectivity index (χ0) is 26.0. The molecule has 1 aromatic rings. The van der Waals surface area contributed by atoms with E-state index in [-0.39, 0.29) is 24.2 Å². The van der Waals surface area contributed by atoms with Gasteiger partial charge >= 0.3 is 0 Å². The molecule has 1 unspecified atom stereocenters. The first-order valence-electron chi connectivity index (χ1n) is 11.6. The number of piperidine rings is 1. The van der Waals surface area contributed by atoms with Crippen molar-refractivity contribution in [1.29, 1.82) is 0 Å². The molecule has 3 amide bonds. The molecule has 1 aliphatic rings. The van der Waals surface area contributed by atoms with Crippen molar-refractivity contribution in [2.24, 2.45) is 11.8 Å². The van der Waals surface area contributed by atoms with Crippen LogP contribution < -0.4 is 30.2 Å². The van der Waals surface area contributed by atoms with Crippen molar-refractivity contribution in [1.82, 2.24) is 16.0 Å². The molecule has 3 atom stereocenters. The number of hydrogen-bond acceptors (Lipinski definition) is 7. The second-order valence-electron chi connectivity index (χ2n) is 8.64. The van der Waals surface area contributed by atoms with Gasteiger partial charge in [-0.25, -0.2) is 0 Å². The third-order valence-electron chi connectivity index (χ3n) is 5.79. The van der Waals surface area contributed by atoms with Gasteiger partial charge in [0.25, 0.3) is 0 Å². The predicted octanol–water partition coefficient (Wildman–Crippen LogP) is 1.47. The van der Waals surface area contributed by atoms with E-state index in [2.05, 4.69) is 16.0 Å². The number of nitrogens with one attached hydrogen (secondary N) is 3. The molecular formula is C25H35N3O7. The number of carbonyl (C=O) groups is 4. The minimum Gasteiger partial charge on any atom is -0.493 e. The van der Waals surface area contributed by atoms with Gasteiger partial charge in [-0.3, -0.25) is 14.4 Å². The average Bonchev–Trinajstić information content (AvgIpc) is 2.85. The van der Waals surface area contributed by atoms with Crippen LogP contribution in [0.4, 0.5) is 0 Å². The third-order valence-corrected chi connectivity index (χ3v) is 5.79. The van der Waals surface area contributed by atoms with Gasteiger partial charge in [-0.15, -0.1) is 0 Å². The van der Waals surface area contributed by atoms with E-state index in [1.165, 1.54) is 27.4 Å². The topological polar surface area (TPSA) is 132 Å². The highest BCUT2D eigenvalue weighted by Crippen LogP contribution is 2.38. The molecular weight excluding hydrogens is 454 g/mol. The Morgan fingerprint density at radius 1 is 1.11 bits per heavy atom. The maximum absolute atomic E-state index is 12.9. The lowest BCUT2D eigenvalue weighted by atomic mass is 9.91. The monoisotopic (exact) mass is 489 g/mol. The van der Waals surface area contributed by atoms with Crippen LogP contribution in [-0.2, 0) is 19.2 Å². The van der Waals surface area contributed by atoms with Crippen LogP contribution in [0.3, 0.4) is 0 Å². The fraction of sp³-hybridized carbons (Fsp3) is 0.520.